The maximum atomic E-state index is 12.2. The minimum absolute atomic E-state index is 0.0679. The van der Waals surface area contributed by atoms with Crippen LogP contribution in [0.5, 0.6) is 0 Å². The van der Waals surface area contributed by atoms with Gasteiger partial charge in [0.15, 0.2) is 0 Å². The fraction of sp³-hybridized carbons (Fsp3) is 0.222. The maximum absolute atomic E-state index is 12.2. The molecule has 0 unspecified atom stereocenters. The predicted molar refractivity (Wildman–Crippen MR) is 97.8 cm³/mol. The Hall–Kier alpha value is -1.88. The predicted octanol–water partition coefficient (Wildman–Crippen LogP) is 3.94. The Kier molecular flexibility index (Phi) is 4.90. The van der Waals surface area contributed by atoms with E-state index in [0.717, 1.165) is 16.8 Å². The molecular weight excluding hydrogens is 345 g/mol. The second-order valence-electron chi connectivity index (χ2n) is 5.89. The summed E-state index contributed by atoms with van der Waals surface area (Å²) in [5.74, 6) is 0. The van der Waals surface area contributed by atoms with E-state index in [9.17, 15) is 4.79 Å². The van der Waals surface area contributed by atoms with Crippen LogP contribution in [-0.2, 0) is 13.1 Å². The minimum Gasteiger partial charge on any atom is -0.296 e. The number of pyridine rings is 1. The number of benzene rings is 1. The highest BCUT2D eigenvalue weighted by atomic mass is 35.5. The van der Waals surface area contributed by atoms with Crippen molar-refractivity contribution in [3.8, 4) is 0 Å². The molecule has 0 aliphatic heterocycles. The lowest BCUT2D eigenvalue weighted by Gasteiger charge is -2.17. The van der Waals surface area contributed by atoms with Gasteiger partial charge in [0.1, 0.15) is 5.65 Å². The average molecular weight is 362 g/mol. The molecule has 3 aromatic rings. The Balaban J connectivity index is 1.82. The van der Waals surface area contributed by atoms with Gasteiger partial charge in [-0.2, -0.15) is 0 Å². The van der Waals surface area contributed by atoms with Gasteiger partial charge in [-0.3, -0.25) is 14.1 Å². The summed E-state index contributed by atoms with van der Waals surface area (Å²) in [4.78, 5) is 18.9. The lowest BCUT2D eigenvalue weighted by atomic mass is 10.2. The number of fused-ring (bicyclic) bond motifs is 1. The number of hydrogen-bond donors (Lipinski definition) is 0. The zero-order valence-electron chi connectivity index (χ0n) is 13.5. The van der Waals surface area contributed by atoms with Gasteiger partial charge in [0.05, 0.1) is 15.7 Å². The van der Waals surface area contributed by atoms with Crippen LogP contribution in [0, 0.1) is 6.92 Å². The van der Waals surface area contributed by atoms with Crippen LogP contribution in [0.2, 0.25) is 10.0 Å². The van der Waals surface area contributed by atoms with Crippen LogP contribution in [0.15, 0.2) is 47.4 Å². The first kappa shape index (κ1) is 17.0. The summed E-state index contributed by atoms with van der Waals surface area (Å²) in [6, 6.07) is 11.0. The molecule has 24 heavy (non-hydrogen) atoms. The van der Waals surface area contributed by atoms with Gasteiger partial charge in [-0.05, 0) is 43.3 Å². The first-order chi connectivity index (χ1) is 11.4. The first-order valence-corrected chi connectivity index (χ1v) is 8.30. The van der Waals surface area contributed by atoms with Crippen LogP contribution in [0.25, 0.3) is 5.65 Å². The van der Waals surface area contributed by atoms with Crippen molar-refractivity contribution >= 4 is 28.8 Å². The summed E-state index contributed by atoms with van der Waals surface area (Å²) in [5.41, 5.74) is 3.41. The van der Waals surface area contributed by atoms with Gasteiger partial charge in [-0.1, -0.05) is 35.3 Å². The molecule has 0 fully saturated rings. The molecule has 0 amide bonds. The number of hydrogen-bond acceptors (Lipinski definition) is 3. The third-order valence-corrected chi connectivity index (χ3v) is 4.55. The minimum atomic E-state index is -0.0679. The molecule has 0 spiro atoms. The van der Waals surface area contributed by atoms with Crippen molar-refractivity contribution in [3.05, 3.63) is 79.8 Å². The van der Waals surface area contributed by atoms with Gasteiger partial charge >= 0.3 is 0 Å². The van der Waals surface area contributed by atoms with Crippen LogP contribution in [0.4, 0.5) is 0 Å². The zero-order valence-corrected chi connectivity index (χ0v) is 15.0. The van der Waals surface area contributed by atoms with Crippen molar-refractivity contribution in [1.29, 1.82) is 0 Å². The van der Waals surface area contributed by atoms with Crippen molar-refractivity contribution in [2.45, 2.75) is 20.0 Å². The average Bonchev–Trinajstić information content (AvgIpc) is 2.52. The molecule has 6 heteroatoms. The molecule has 0 radical (unpaired) electrons. The second-order valence-corrected chi connectivity index (χ2v) is 6.71. The Morgan fingerprint density at radius 2 is 1.92 bits per heavy atom. The number of aryl methyl sites for hydroxylation is 1. The largest absolute Gasteiger partial charge is 0.296 e. The SMILES string of the molecule is Cc1cccn2c(=O)cc(CN(C)Cc3ccc(Cl)c(Cl)c3)nc12. The van der Waals surface area contributed by atoms with E-state index in [1.165, 1.54) is 0 Å². The monoisotopic (exact) mass is 361 g/mol. The molecule has 3 rings (SSSR count). The lowest BCUT2D eigenvalue weighted by Crippen LogP contribution is -2.22. The summed E-state index contributed by atoms with van der Waals surface area (Å²) < 4.78 is 1.57. The quantitative estimate of drug-likeness (QED) is 0.706. The van der Waals surface area contributed by atoms with Crippen LogP contribution >= 0.6 is 23.2 Å². The molecule has 0 saturated heterocycles. The lowest BCUT2D eigenvalue weighted by molar-refractivity contribution is 0.315. The standard InChI is InChI=1S/C18H17Cl2N3O/c1-12-4-3-7-23-17(24)9-14(21-18(12)23)11-22(2)10-13-5-6-15(19)16(20)8-13/h3-9H,10-11H2,1-2H3. The third-order valence-electron chi connectivity index (χ3n) is 3.81. The van der Waals surface area contributed by atoms with Crippen molar-refractivity contribution in [2.24, 2.45) is 0 Å². The highest BCUT2D eigenvalue weighted by molar-refractivity contribution is 6.42. The smallest absolute Gasteiger partial charge is 0.258 e. The molecule has 124 valence electrons. The molecule has 2 heterocycles. The Morgan fingerprint density at radius 1 is 1.12 bits per heavy atom. The Morgan fingerprint density at radius 3 is 2.67 bits per heavy atom. The molecule has 0 aliphatic rings. The molecule has 4 nitrogen and oxygen atoms in total. The van der Waals surface area contributed by atoms with E-state index < -0.39 is 0 Å². The van der Waals surface area contributed by atoms with Crippen molar-refractivity contribution in [3.63, 3.8) is 0 Å². The number of rotatable bonds is 4. The van der Waals surface area contributed by atoms with E-state index in [2.05, 4.69) is 9.88 Å². The summed E-state index contributed by atoms with van der Waals surface area (Å²) in [7, 11) is 1.98. The van der Waals surface area contributed by atoms with Gasteiger partial charge in [0.2, 0.25) is 0 Å². The highest BCUT2D eigenvalue weighted by Gasteiger charge is 2.08. The number of nitrogens with zero attached hydrogens (tertiary/aromatic N) is 3. The second kappa shape index (κ2) is 6.93. The summed E-state index contributed by atoms with van der Waals surface area (Å²) in [5, 5.41) is 1.09. The van der Waals surface area contributed by atoms with Crippen LogP contribution in [0.3, 0.4) is 0 Å². The number of halogens is 2. The van der Waals surface area contributed by atoms with Crippen LogP contribution in [0.1, 0.15) is 16.8 Å². The number of aromatic nitrogens is 2. The molecule has 0 atom stereocenters. The first-order valence-electron chi connectivity index (χ1n) is 7.54. The Labute approximate surface area is 150 Å². The van der Waals surface area contributed by atoms with E-state index in [1.54, 1.807) is 22.7 Å². The summed E-state index contributed by atoms with van der Waals surface area (Å²) in [6.07, 6.45) is 1.74. The molecule has 0 saturated carbocycles. The normalized spacial score (nSPS) is 11.4. The van der Waals surface area contributed by atoms with Crippen molar-refractivity contribution in [2.75, 3.05) is 7.05 Å². The molecule has 1 aromatic carbocycles. The van der Waals surface area contributed by atoms with Gasteiger partial charge < -0.3 is 0 Å². The fourth-order valence-electron chi connectivity index (χ4n) is 2.67. The molecular formula is C18H17Cl2N3O. The fourth-order valence-corrected chi connectivity index (χ4v) is 2.99. The molecule has 0 bridgehead atoms. The van der Waals surface area contributed by atoms with Crippen LogP contribution in [-0.4, -0.2) is 21.3 Å². The van der Waals surface area contributed by atoms with E-state index in [0.29, 0.717) is 28.8 Å². The van der Waals surface area contributed by atoms with Gasteiger partial charge in [0.25, 0.3) is 5.56 Å². The van der Waals surface area contributed by atoms with E-state index >= 15 is 0 Å². The van der Waals surface area contributed by atoms with E-state index in [-0.39, 0.29) is 5.56 Å². The highest BCUT2D eigenvalue weighted by Crippen LogP contribution is 2.23. The van der Waals surface area contributed by atoms with Gasteiger partial charge in [0, 0.05) is 25.4 Å². The van der Waals surface area contributed by atoms with Crippen molar-refractivity contribution < 1.29 is 0 Å². The zero-order chi connectivity index (χ0) is 17.3. The van der Waals surface area contributed by atoms with Crippen molar-refractivity contribution in [1.82, 2.24) is 14.3 Å². The van der Waals surface area contributed by atoms with Gasteiger partial charge in [-0.25, -0.2) is 4.98 Å². The topological polar surface area (TPSA) is 37.6 Å². The van der Waals surface area contributed by atoms with E-state index in [4.69, 9.17) is 23.2 Å². The summed E-state index contributed by atoms with van der Waals surface area (Å²) in [6.45, 7) is 3.21. The Bertz CT molecular complexity index is 953. The third kappa shape index (κ3) is 3.61. The molecule has 2 aromatic heterocycles. The maximum Gasteiger partial charge on any atom is 0.258 e. The van der Waals surface area contributed by atoms with Crippen LogP contribution < -0.4 is 5.56 Å². The molecule has 0 N–H and O–H groups in total. The van der Waals surface area contributed by atoms with Gasteiger partial charge in [-0.15, -0.1) is 0 Å². The van der Waals surface area contributed by atoms with E-state index in [1.807, 2.05) is 38.2 Å². The molecule has 0 aliphatic carbocycles. The summed E-state index contributed by atoms with van der Waals surface area (Å²) >= 11 is 12.0.